The summed E-state index contributed by atoms with van der Waals surface area (Å²) in [6, 6.07) is 12.7. The van der Waals surface area contributed by atoms with Gasteiger partial charge < -0.3 is 24.4 Å². The van der Waals surface area contributed by atoms with E-state index >= 15 is 0 Å². The maximum Gasteiger partial charge on any atom is 0.271 e. The summed E-state index contributed by atoms with van der Waals surface area (Å²) in [5.74, 6) is 2.16. The van der Waals surface area contributed by atoms with Gasteiger partial charge in [0.1, 0.15) is 6.61 Å². The fraction of sp³-hybridized carbons (Fsp3) is 0.222. The number of rotatable bonds is 5. The number of benzene rings is 2. The predicted molar refractivity (Wildman–Crippen MR) is 94.3 cm³/mol. The number of hydrogen-bond acceptors (Lipinski definition) is 7. The van der Waals surface area contributed by atoms with Crippen LogP contribution in [0.4, 0.5) is 5.69 Å². The van der Waals surface area contributed by atoms with Crippen LogP contribution in [-0.2, 0) is 13.2 Å². The topological polar surface area (TPSA) is 89.6 Å². The van der Waals surface area contributed by atoms with Gasteiger partial charge in [0.15, 0.2) is 17.3 Å². The Kier molecular flexibility index (Phi) is 4.64. The highest BCUT2D eigenvalue weighted by atomic mass is 35.5. The first-order valence-electron chi connectivity index (χ1n) is 8.07. The molecule has 0 amide bonds. The molecule has 134 valence electrons. The summed E-state index contributed by atoms with van der Waals surface area (Å²) in [5, 5.41) is 16.9. The van der Waals surface area contributed by atoms with E-state index in [2.05, 4.69) is 15.5 Å². The van der Waals surface area contributed by atoms with Crippen molar-refractivity contribution in [3.63, 3.8) is 0 Å². The molecule has 1 aliphatic heterocycles. The maximum atomic E-state index is 9.22. The summed E-state index contributed by atoms with van der Waals surface area (Å²) in [7, 11) is 0. The summed E-state index contributed by atoms with van der Waals surface area (Å²) < 4.78 is 16.8. The van der Waals surface area contributed by atoms with Gasteiger partial charge in [-0.3, -0.25) is 0 Å². The molecule has 1 aromatic heterocycles. The molecule has 0 spiro atoms. The van der Waals surface area contributed by atoms with Crippen molar-refractivity contribution in [1.82, 2.24) is 10.1 Å². The molecule has 3 aromatic rings. The Hall–Kier alpha value is -2.77. The van der Waals surface area contributed by atoms with Gasteiger partial charge in [-0.05, 0) is 29.8 Å². The van der Waals surface area contributed by atoms with Gasteiger partial charge in [0.2, 0.25) is 6.10 Å². The molecule has 2 heterocycles. The summed E-state index contributed by atoms with van der Waals surface area (Å²) in [5.41, 5.74) is 1.45. The molecular formula is C18H16ClN3O4. The highest BCUT2D eigenvalue weighted by Gasteiger charge is 2.27. The zero-order valence-electron chi connectivity index (χ0n) is 13.7. The van der Waals surface area contributed by atoms with E-state index in [1.54, 1.807) is 18.2 Å². The summed E-state index contributed by atoms with van der Waals surface area (Å²) >= 11 is 6.15. The fourth-order valence-corrected chi connectivity index (χ4v) is 2.78. The van der Waals surface area contributed by atoms with E-state index in [0.717, 1.165) is 5.56 Å². The fourth-order valence-electron chi connectivity index (χ4n) is 2.59. The van der Waals surface area contributed by atoms with E-state index in [1.165, 1.54) is 0 Å². The normalized spacial score (nSPS) is 15.7. The van der Waals surface area contributed by atoms with Crippen molar-refractivity contribution in [2.75, 3.05) is 11.9 Å². The Labute approximate surface area is 154 Å². The van der Waals surface area contributed by atoms with Crippen LogP contribution >= 0.6 is 11.6 Å². The molecule has 0 radical (unpaired) electrons. The first-order valence-corrected chi connectivity index (χ1v) is 8.45. The number of halogens is 1. The van der Waals surface area contributed by atoms with Gasteiger partial charge in [0.25, 0.3) is 5.89 Å². The molecule has 1 atom stereocenters. The third-order valence-electron chi connectivity index (χ3n) is 3.92. The third-order valence-corrected chi connectivity index (χ3v) is 4.25. The third kappa shape index (κ3) is 3.44. The standard InChI is InChI=1S/C18H16ClN3O4/c19-12-6-5-11(9-23)7-13(12)20-8-17-21-18(26-22-17)16-10-24-14-3-1-2-4-15(14)25-16/h1-7,16,20,23H,8-10H2/t16-/m1/s1. The number of aliphatic hydroxyl groups excluding tert-OH is 1. The van der Waals surface area contributed by atoms with Crippen LogP contribution in [0, 0.1) is 0 Å². The molecule has 0 aliphatic carbocycles. The zero-order chi connectivity index (χ0) is 17.9. The molecule has 7 nitrogen and oxygen atoms in total. The van der Waals surface area contributed by atoms with Crippen molar-refractivity contribution in [2.24, 2.45) is 0 Å². The second kappa shape index (κ2) is 7.23. The van der Waals surface area contributed by atoms with Gasteiger partial charge >= 0.3 is 0 Å². The number of anilines is 1. The lowest BCUT2D eigenvalue weighted by atomic mass is 10.2. The number of fused-ring (bicyclic) bond motifs is 1. The van der Waals surface area contributed by atoms with E-state index < -0.39 is 6.10 Å². The molecule has 0 unspecified atom stereocenters. The first kappa shape index (κ1) is 16.7. The quantitative estimate of drug-likeness (QED) is 0.708. The van der Waals surface area contributed by atoms with Crippen molar-refractivity contribution in [1.29, 1.82) is 0 Å². The Morgan fingerprint density at radius 3 is 2.88 bits per heavy atom. The lowest BCUT2D eigenvalue weighted by molar-refractivity contribution is 0.0665. The molecule has 0 fully saturated rings. The maximum absolute atomic E-state index is 9.22. The first-order chi connectivity index (χ1) is 12.7. The van der Waals surface area contributed by atoms with Crippen LogP contribution in [-0.4, -0.2) is 21.9 Å². The monoisotopic (exact) mass is 373 g/mol. The van der Waals surface area contributed by atoms with Crippen LogP contribution in [0.15, 0.2) is 47.0 Å². The van der Waals surface area contributed by atoms with Crippen molar-refractivity contribution in [3.8, 4) is 11.5 Å². The van der Waals surface area contributed by atoms with Gasteiger partial charge in [-0.25, -0.2) is 0 Å². The number of ether oxygens (including phenoxy) is 2. The van der Waals surface area contributed by atoms with Crippen LogP contribution in [0.1, 0.15) is 23.4 Å². The number of aromatic nitrogens is 2. The van der Waals surface area contributed by atoms with E-state index in [4.69, 9.17) is 25.6 Å². The average Bonchev–Trinajstić information content (AvgIpc) is 3.16. The van der Waals surface area contributed by atoms with E-state index in [-0.39, 0.29) is 6.61 Å². The van der Waals surface area contributed by atoms with Crippen molar-refractivity contribution in [3.05, 3.63) is 64.8 Å². The minimum absolute atomic E-state index is 0.0568. The zero-order valence-corrected chi connectivity index (χ0v) is 14.4. The van der Waals surface area contributed by atoms with Gasteiger partial charge in [-0.2, -0.15) is 4.98 Å². The Bertz CT molecular complexity index is 915. The summed E-state index contributed by atoms with van der Waals surface area (Å²) in [6.07, 6.45) is -0.451. The van der Waals surface area contributed by atoms with E-state index in [9.17, 15) is 5.11 Å². The Balaban J connectivity index is 1.43. The minimum Gasteiger partial charge on any atom is -0.485 e. The Morgan fingerprint density at radius 2 is 2.04 bits per heavy atom. The highest BCUT2D eigenvalue weighted by Crippen LogP contribution is 2.35. The smallest absolute Gasteiger partial charge is 0.271 e. The molecule has 2 N–H and O–H groups in total. The van der Waals surface area contributed by atoms with E-state index in [1.807, 2.05) is 24.3 Å². The van der Waals surface area contributed by atoms with E-state index in [0.29, 0.717) is 47.1 Å². The second-order valence-electron chi connectivity index (χ2n) is 5.74. The molecule has 2 aromatic carbocycles. The van der Waals surface area contributed by atoms with Gasteiger partial charge in [0, 0.05) is 0 Å². The Morgan fingerprint density at radius 1 is 1.19 bits per heavy atom. The second-order valence-corrected chi connectivity index (χ2v) is 6.15. The number of hydrogen-bond donors (Lipinski definition) is 2. The van der Waals surface area contributed by atoms with Crippen molar-refractivity contribution >= 4 is 17.3 Å². The predicted octanol–water partition coefficient (Wildman–Crippen LogP) is 3.34. The molecule has 8 heteroatoms. The summed E-state index contributed by atoms with van der Waals surface area (Å²) in [4.78, 5) is 4.36. The number of aliphatic hydroxyl groups is 1. The highest BCUT2D eigenvalue weighted by molar-refractivity contribution is 6.33. The SMILES string of the molecule is OCc1ccc(Cl)c(NCc2noc([C@H]3COc4ccccc4O3)n2)c1. The van der Waals surface area contributed by atoms with Crippen LogP contribution in [0.25, 0.3) is 0 Å². The molecule has 4 rings (SSSR count). The van der Waals surface area contributed by atoms with Gasteiger partial charge in [0.05, 0.1) is 23.9 Å². The minimum atomic E-state index is -0.451. The van der Waals surface area contributed by atoms with Crippen molar-refractivity contribution < 1.29 is 19.1 Å². The average molecular weight is 374 g/mol. The lowest BCUT2D eigenvalue weighted by Crippen LogP contribution is -2.21. The van der Waals surface area contributed by atoms with Gasteiger partial charge in [-0.15, -0.1) is 0 Å². The molecular weight excluding hydrogens is 358 g/mol. The van der Waals surface area contributed by atoms with Gasteiger partial charge in [-0.1, -0.05) is 35.0 Å². The van der Waals surface area contributed by atoms with Crippen molar-refractivity contribution in [2.45, 2.75) is 19.3 Å². The molecule has 1 aliphatic rings. The number of nitrogens with one attached hydrogen (secondary N) is 1. The molecule has 26 heavy (non-hydrogen) atoms. The van der Waals surface area contributed by atoms with Crippen LogP contribution in [0.2, 0.25) is 5.02 Å². The number of nitrogens with zero attached hydrogens (tertiary/aromatic N) is 2. The van der Waals surface area contributed by atoms with Crippen LogP contribution in [0.5, 0.6) is 11.5 Å². The lowest BCUT2D eigenvalue weighted by Gasteiger charge is -2.23. The molecule has 0 bridgehead atoms. The van der Waals surface area contributed by atoms with Crippen LogP contribution in [0.3, 0.4) is 0 Å². The van der Waals surface area contributed by atoms with Crippen LogP contribution < -0.4 is 14.8 Å². The molecule has 0 saturated heterocycles. The number of para-hydroxylation sites is 2. The summed E-state index contributed by atoms with van der Waals surface area (Å²) in [6.45, 7) is 0.567. The largest absolute Gasteiger partial charge is 0.485 e. The molecule has 0 saturated carbocycles.